The molecular weight excluding hydrogens is 410 g/mol. The first-order valence-electron chi connectivity index (χ1n) is 9.70. The number of halogens is 1. The first kappa shape index (κ1) is 17.6. The highest BCUT2D eigenvalue weighted by Gasteiger charge is 2.39. The lowest BCUT2D eigenvalue weighted by Gasteiger charge is -2.38. The quantitative estimate of drug-likeness (QED) is 0.452. The zero-order valence-corrected chi connectivity index (χ0v) is 17.3. The van der Waals surface area contributed by atoms with Crippen molar-refractivity contribution in [1.29, 1.82) is 0 Å². The van der Waals surface area contributed by atoms with Gasteiger partial charge in [-0.1, -0.05) is 64.5 Å². The molecular formula is C25H22BrNO. The van der Waals surface area contributed by atoms with Crippen LogP contribution in [0.25, 0.3) is 11.1 Å². The van der Waals surface area contributed by atoms with E-state index in [4.69, 9.17) is 4.74 Å². The molecule has 2 nitrogen and oxygen atoms in total. The van der Waals surface area contributed by atoms with Crippen molar-refractivity contribution in [3.05, 3.63) is 94.5 Å². The Bertz CT molecular complexity index is 1040. The van der Waals surface area contributed by atoms with E-state index >= 15 is 0 Å². The lowest BCUT2D eigenvalue weighted by atomic mass is 9.76. The molecule has 140 valence electrons. The topological polar surface area (TPSA) is 21.3 Å². The summed E-state index contributed by atoms with van der Waals surface area (Å²) < 4.78 is 6.77. The van der Waals surface area contributed by atoms with Gasteiger partial charge in [-0.05, 0) is 59.4 Å². The first-order chi connectivity index (χ1) is 13.7. The van der Waals surface area contributed by atoms with Crippen LogP contribution >= 0.6 is 15.9 Å². The lowest BCUT2D eigenvalue weighted by molar-refractivity contribution is 0.381. The molecule has 0 spiro atoms. The summed E-state index contributed by atoms with van der Waals surface area (Å²) in [6, 6.07) is 23.9. The number of nitrogens with one attached hydrogen (secondary N) is 1. The Hall–Kier alpha value is -2.52. The van der Waals surface area contributed by atoms with Gasteiger partial charge in [0, 0.05) is 21.6 Å². The zero-order valence-electron chi connectivity index (χ0n) is 15.7. The summed E-state index contributed by atoms with van der Waals surface area (Å²) in [6.07, 6.45) is 5.79. The highest BCUT2D eigenvalue weighted by Crippen LogP contribution is 2.52. The van der Waals surface area contributed by atoms with E-state index in [-0.39, 0.29) is 6.04 Å². The van der Waals surface area contributed by atoms with E-state index in [2.05, 4.69) is 88.0 Å². The van der Waals surface area contributed by atoms with Crippen molar-refractivity contribution >= 4 is 21.6 Å². The van der Waals surface area contributed by atoms with Crippen molar-refractivity contribution in [3.63, 3.8) is 0 Å². The van der Waals surface area contributed by atoms with E-state index in [1.54, 1.807) is 7.11 Å². The summed E-state index contributed by atoms with van der Waals surface area (Å²) in [7, 11) is 1.75. The van der Waals surface area contributed by atoms with Crippen molar-refractivity contribution in [3.8, 4) is 16.9 Å². The number of hydrogen-bond acceptors (Lipinski definition) is 2. The van der Waals surface area contributed by atoms with Crippen LogP contribution in [-0.2, 0) is 0 Å². The largest absolute Gasteiger partial charge is 0.496 e. The predicted molar refractivity (Wildman–Crippen MR) is 119 cm³/mol. The molecule has 1 aliphatic carbocycles. The second-order valence-corrected chi connectivity index (χ2v) is 8.45. The average Bonchev–Trinajstić information content (AvgIpc) is 3.24. The second kappa shape index (κ2) is 7.14. The van der Waals surface area contributed by atoms with Gasteiger partial charge >= 0.3 is 0 Å². The molecule has 3 aromatic rings. The third kappa shape index (κ3) is 2.94. The second-order valence-electron chi connectivity index (χ2n) is 7.53. The zero-order chi connectivity index (χ0) is 19.1. The van der Waals surface area contributed by atoms with Crippen LogP contribution in [0.5, 0.6) is 5.75 Å². The standard InChI is InChI=1S/C25H22BrNO/c1-28-24-13-11-18(26)15-22(24)25-20-9-5-8-19(20)21-14-17(10-12-23(21)27-25)16-6-3-2-4-7-16/h2-8,10-15,19-20,25,27H,9H2,1H3/t19-,20-,25+/m0/s1. The summed E-state index contributed by atoms with van der Waals surface area (Å²) in [5.41, 5.74) is 6.37. The number of ether oxygens (including phenoxy) is 1. The van der Waals surface area contributed by atoms with Crippen molar-refractivity contribution in [2.45, 2.75) is 18.4 Å². The Morgan fingerprint density at radius 1 is 0.929 bits per heavy atom. The molecule has 1 aliphatic heterocycles. The monoisotopic (exact) mass is 431 g/mol. The van der Waals surface area contributed by atoms with Crippen LogP contribution in [-0.4, -0.2) is 7.11 Å². The molecule has 1 N–H and O–H groups in total. The number of hydrogen-bond donors (Lipinski definition) is 1. The summed E-state index contributed by atoms with van der Waals surface area (Å²) in [4.78, 5) is 0. The molecule has 0 bridgehead atoms. The van der Waals surface area contributed by atoms with Crippen molar-refractivity contribution < 1.29 is 4.74 Å². The molecule has 2 aliphatic rings. The van der Waals surface area contributed by atoms with Crippen LogP contribution in [0, 0.1) is 5.92 Å². The van der Waals surface area contributed by atoms with Gasteiger partial charge in [0.05, 0.1) is 13.2 Å². The normalized spacial score (nSPS) is 22.3. The van der Waals surface area contributed by atoms with E-state index in [0.717, 1.165) is 16.6 Å². The summed E-state index contributed by atoms with van der Waals surface area (Å²) in [5.74, 6) is 1.85. The smallest absolute Gasteiger partial charge is 0.124 e. The molecule has 3 aromatic carbocycles. The highest BCUT2D eigenvalue weighted by atomic mass is 79.9. The highest BCUT2D eigenvalue weighted by molar-refractivity contribution is 9.10. The Kier molecular flexibility index (Phi) is 4.48. The third-order valence-electron chi connectivity index (χ3n) is 6.00. The fraction of sp³-hybridized carbons (Fsp3) is 0.200. The van der Waals surface area contributed by atoms with Crippen LogP contribution in [0.2, 0.25) is 0 Å². The Labute approximate surface area is 174 Å². The lowest BCUT2D eigenvalue weighted by Crippen LogP contribution is -2.29. The Balaban J connectivity index is 1.59. The molecule has 3 atom stereocenters. The SMILES string of the molecule is COc1ccc(Br)cc1[C@@H]1Nc2ccc(-c3ccccc3)cc2[C@H]2C=CC[C@@H]21. The molecule has 0 saturated carbocycles. The van der Waals surface area contributed by atoms with Gasteiger partial charge in [0.25, 0.3) is 0 Å². The molecule has 0 radical (unpaired) electrons. The van der Waals surface area contributed by atoms with Crippen LogP contribution < -0.4 is 10.1 Å². The fourth-order valence-corrected chi connectivity index (χ4v) is 5.04. The number of allylic oxidation sites excluding steroid dienone is 2. The number of fused-ring (bicyclic) bond motifs is 3. The minimum Gasteiger partial charge on any atom is -0.496 e. The molecule has 3 heteroatoms. The van der Waals surface area contributed by atoms with Crippen molar-refractivity contribution in [1.82, 2.24) is 0 Å². The van der Waals surface area contributed by atoms with Crippen LogP contribution in [0.1, 0.15) is 29.5 Å². The number of rotatable bonds is 3. The van der Waals surface area contributed by atoms with Gasteiger partial charge < -0.3 is 10.1 Å². The van der Waals surface area contributed by atoms with Crippen molar-refractivity contribution in [2.75, 3.05) is 12.4 Å². The van der Waals surface area contributed by atoms with E-state index in [1.807, 2.05) is 12.1 Å². The maximum absolute atomic E-state index is 5.69. The molecule has 0 saturated heterocycles. The fourth-order valence-electron chi connectivity index (χ4n) is 4.66. The molecule has 0 fully saturated rings. The van der Waals surface area contributed by atoms with E-state index in [1.165, 1.54) is 27.9 Å². The number of methoxy groups -OCH3 is 1. The van der Waals surface area contributed by atoms with Gasteiger partial charge in [-0.25, -0.2) is 0 Å². The number of anilines is 1. The summed E-state index contributed by atoms with van der Waals surface area (Å²) >= 11 is 3.63. The van der Waals surface area contributed by atoms with Gasteiger partial charge in [-0.3, -0.25) is 0 Å². The van der Waals surface area contributed by atoms with Gasteiger partial charge in [-0.2, -0.15) is 0 Å². The molecule has 0 unspecified atom stereocenters. The maximum Gasteiger partial charge on any atom is 0.124 e. The van der Waals surface area contributed by atoms with Gasteiger partial charge in [0.2, 0.25) is 0 Å². The minimum absolute atomic E-state index is 0.225. The van der Waals surface area contributed by atoms with Crippen LogP contribution in [0.3, 0.4) is 0 Å². The van der Waals surface area contributed by atoms with Crippen molar-refractivity contribution in [2.24, 2.45) is 5.92 Å². The van der Waals surface area contributed by atoms with E-state index in [0.29, 0.717) is 11.8 Å². The number of benzene rings is 3. The summed E-state index contributed by atoms with van der Waals surface area (Å²) in [5, 5.41) is 3.82. The Morgan fingerprint density at radius 2 is 1.79 bits per heavy atom. The molecule has 0 aromatic heterocycles. The maximum atomic E-state index is 5.69. The van der Waals surface area contributed by atoms with Crippen LogP contribution in [0.15, 0.2) is 83.4 Å². The minimum atomic E-state index is 0.225. The molecule has 1 heterocycles. The van der Waals surface area contributed by atoms with Crippen LogP contribution in [0.4, 0.5) is 5.69 Å². The Morgan fingerprint density at radius 3 is 2.61 bits per heavy atom. The molecule has 0 amide bonds. The average molecular weight is 432 g/mol. The molecule has 5 rings (SSSR count). The first-order valence-corrected chi connectivity index (χ1v) is 10.5. The van der Waals surface area contributed by atoms with E-state index in [9.17, 15) is 0 Å². The van der Waals surface area contributed by atoms with E-state index < -0.39 is 0 Å². The third-order valence-corrected chi connectivity index (χ3v) is 6.49. The summed E-state index contributed by atoms with van der Waals surface area (Å²) in [6.45, 7) is 0. The van der Waals surface area contributed by atoms with Gasteiger partial charge in [0.15, 0.2) is 0 Å². The predicted octanol–water partition coefficient (Wildman–Crippen LogP) is 6.95. The van der Waals surface area contributed by atoms with Gasteiger partial charge in [0.1, 0.15) is 5.75 Å². The molecule has 28 heavy (non-hydrogen) atoms. The van der Waals surface area contributed by atoms with Gasteiger partial charge in [-0.15, -0.1) is 0 Å².